The molecular formula is C71H145N5O7. The fourth-order valence-electron chi connectivity index (χ4n) is 11.2. The van der Waals surface area contributed by atoms with Gasteiger partial charge in [0.1, 0.15) is 5.78 Å². The van der Waals surface area contributed by atoms with Crippen molar-refractivity contribution in [1.29, 1.82) is 0 Å². The number of unbranched alkanes of at least 4 members (excludes halogenated alkanes) is 42. The molecule has 496 valence electrons. The molecule has 0 bridgehead atoms. The zero-order chi connectivity index (χ0) is 60.8. The molecule has 0 aromatic carbocycles. The first kappa shape index (κ1) is 83.4. The quantitative estimate of drug-likeness (QED) is 0.0323. The number of aliphatic hydroxyl groups is 4. The highest BCUT2D eigenvalue weighted by Crippen LogP contribution is 2.17. The molecule has 0 radical (unpaired) electrons. The second-order valence-electron chi connectivity index (χ2n) is 24.9. The molecular weight excluding hydrogens is 1030 g/mol. The van der Waals surface area contributed by atoms with E-state index in [4.69, 9.17) is 5.11 Å². The summed E-state index contributed by atoms with van der Waals surface area (Å²) >= 11 is 0. The maximum absolute atomic E-state index is 12.6. The van der Waals surface area contributed by atoms with E-state index in [9.17, 15) is 29.7 Å². The van der Waals surface area contributed by atoms with Gasteiger partial charge >= 0.3 is 0 Å². The summed E-state index contributed by atoms with van der Waals surface area (Å²) in [5, 5.41) is 43.3. The number of ketones is 1. The molecule has 0 unspecified atom stereocenters. The Morgan fingerprint density at radius 3 is 0.783 bits per heavy atom. The van der Waals surface area contributed by atoms with E-state index in [1.807, 2.05) is 0 Å². The summed E-state index contributed by atoms with van der Waals surface area (Å²) in [6.07, 6.45) is 62.4. The van der Waals surface area contributed by atoms with E-state index in [1.54, 1.807) is 0 Å². The Balaban J connectivity index is 0. The van der Waals surface area contributed by atoms with Gasteiger partial charge in [-0.15, -0.1) is 0 Å². The third-order valence-electron chi connectivity index (χ3n) is 16.9. The molecule has 12 heteroatoms. The number of amides is 2. The van der Waals surface area contributed by atoms with E-state index in [0.29, 0.717) is 83.8 Å². The van der Waals surface area contributed by atoms with Crippen LogP contribution in [0.2, 0.25) is 0 Å². The molecule has 0 saturated heterocycles. The first-order valence-corrected chi connectivity index (χ1v) is 36.5. The second kappa shape index (κ2) is 72.8. The summed E-state index contributed by atoms with van der Waals surface area (Å²) in [4.78, 5) is 43.5. The molecule has 0 saturated carbocycles. The van der Waals surface area contributed by atoms with Gasteiger partial charge in [0.2, 0.25) is 11.8 Å². The van der Waals surface area contributed by atoms with Crippen LogP contribution in [0, 0.1) is 0 Å². The van der Waals surface area contributed by atoms with Crippen molar-refractivity contribution >= 4 is 17.6 Å². The van der Waals surface area contributed by atoms with E-state index >= 15 is 0 Å². The summed E-state index contributed by atoms with van der Waals surface area (Å²) in [7, 11) is 0. The van der Waals surface area contributed by atoms with Gasteiger partial charge in [-0.3, -0.25) is 24.2 Å². The summed E-state index contributed by atoms with van der Waals surface area (Å²) < 4.78 is 0. The number of Topliss-reactive ketones (excluding diaryl/α,β-unsaturated/α-hetero) is 1. The van der Waals surface area contributed by atoms with Crippen LogP contribution in [0.5, 0.6) is 0 Å². The number of aliphatic hydroxyl groups excluding tert-OH is 4. The first-order chi connectivity index (χ1) is 40.8. The van der Waals surface area contributed by atoms with E-state index < -0.39 is 0 Å². The van der Waals surface area contributed by atoms with Gasteiger partial charge in [0.15, 0.2) is 0 Å². The predicted molar refractivity (Wildman–Crippen MR) is 357 cm³/mol. The number of nitrogens with zero attached hydrogens (tertiary/aromatic N) is 3. The number of carbonyl (C=O) groups is 3. The van der Waals surface area contributed by atoms with Gasteiger partial charge in [0.25, 0.3) is 0 Å². The Labute approximate surface area is 515 Å². The minimum atomic E-state index is 0.0540. The standard InChI is InChI=1S/C45H91N3O4.C26H54N2O3/c1-3-5-7-9-11-13-15-17-19-20-22-24-26-28-30-32-44(51)33-36-47(40-42-49)38-39-48(41-43-50)37-34-45(52)46-35-31-29-27-25-23-21-18-16-14-12-10-8-6-4-2;1-2-3-4-5-6-7-8-9-10-11-12-13-14-16-20-27-26(31)19-22-28(23-25-30)21-17-15-18-24-29/h49-50H,3-43H2,1-2H3,(H,46,52);29-30H,2-25H2,1H3,(H,27,31). The summed E-state index contributed by atoms with van der Waals surface area (Å²) in [5.41, 5.74) is 0. The molecule has 2 amide bonds. The Hall–Kier alpha value is -1.67. The lowest BCUT2D eigenvalue weighted by atomic mass is 10.0. The number of hydrogen-bond donors (Lipinski definition) is 6. The van der Waals surface area contributed by atoms with E-state index in [0.717, 1.165) is 64.6 Å². The van der Waals surface area contributed by atoms with E-state index in [2.05, 4.69) is 46.1 Å². The van der Waals surface area contributed by atoms with Crippen molar-refractivity contribution in [2.75, 3.05) is 98.4 Å². The molecule has 0 aliphatic carbocycles. The van der Waals surface area contributed by atoms with Crippen molar-refractivity contribution in [3.63, 3.8) is 0 Å². The number of hydrogen-bond acceptors (Lipinski definition) is 10. The number of carbonyl (C=O) groups excluding carboxylic acids is 3. The van der Waals surface area contributed by atoms with Gasteiger partial charge in [0, 0.05) is 97.7 Å². The number of rotatable bonds is 69. The molecule has 0 heterocycles. The van der Waals surface area contributed by atoms with E-state index in [1.165, 1.54) is 250 Å². The lowest BCUT2D eigenvalue weighted by Gasteiger charge is -2.26. The summed E-state index contributed by atoms with van der Waals surface area (Å²) in [6, 6.07) is 0. The highest BCUT2D eigenvalue weighted by atomic mass is 16.3. The fraction of sp³-hybridized carbons (Fsp3) is 0.958. The third kappa shape index (κ3) is 69.3. The molecule has 0 spiro atoms. The van der Waals surface area contributed by atoms with E-state index in [-0.39, 0.29) is 38.2 Å². The van der Waals surface area contributed by atoms with Crippen LogP contribution in [0.3, 0.4) is 0 Å². The average Bonchev–Trinajstić information content (AvgIpc) is 3.48. The smallest absolute Gasteiger partial charge is 0.221 e. The van der Waals surface area contributed by atoms with Gasteiger partial charge in [-0.2, -0.15) is 0 Å². The molecule has 0 fully saturated rings. The maximum atomic E-state index is 12.6. The first-order valence-electron chi connectivity index (χ1n) is 36.5. The summed E-state index contributed by atoms with van der Waals surface area (Å²) in [6.45, 7) is 14.8. The van der Waals surface area contributed by atoms with Crippen molar-refractivity contribution < 1.29 is 34.8 Å². The highest BCUT2D eigenvalue weighted by Gasteiger charge is 2.14. The predicted octanol–water partition coefficient (Wildman–Crippen LogP) is 16.2. The van der Waals surface area contributed by atoms with Gasteiger partial charge in [0.05, 0.1) is 19.8 Å². The lowest BCUT2D eigenvalue weighted by Crippen LogP contribution is -2.40. The Morgan fingerprint density at radius 1 is 0.241 bits per heavy atom. The van der Waals surface area contributed by atoms with Crippen molar-refractivity contribution in [3.05, 3.63) is 0 Å². The normalized spacial score (nSPS) is 11.5. The summed E-state index contributed by atoms with van der Waals surface area (Å²) in [5.74, 6) is 0.516. The van der Waals surface area contributed by atoms with Crippen molar-refractivity contribution in [2.45, 2.75) is 342 Å². The SMILES string of the molecule is CCCCCCCCCCCCCCCCCC(=O)CCN(CCO)CCN(CCO)CCC(=O)NCCCCCCCCCCCCCCCC.CCCCCCCCCCCCCCCCNC(=O)CCN(CCO)CCCCCO. The molecule has 0 rings (SSSR count). The molecule has 0 aromatic rings. The van der Waals surface area contributed by atoms with Crippen LogP contribution < -0.4 is 10.6 Å². The van der Waals surface area contributed by atoms with Crippen LogP contribution in [0.4, 0.5) is 0 Å². The van der Waals surface area contributed by atoms with Gasteiger partial charge < -0.3 is 36.0 Å². The van der Waals surface area contributed by atoms with Crippen LogP contribution in [-0.2, 0) is 14.4 Å². The number of nitrogens with one attached hydrogen (secondary N) is 2. The molecule has 6 N–H and O–H groups in total. The monoisotopic (exact) mass is 1180 g/mol. The van der Waals surface area contributed by atoms with Crippen LogP contribution in [-0.4, -0.2) is 151 Å². The van der Waals surface area contributed by atoms with Crippen molar-refractivity contribution in [2.24, 2.45) is 0 Å². The fourth-order valence-corrected chi connectivity index (χ4v) is 11.2. The molecule has 0 aliphatic rings. The molecule has 0 atom stereocenters. The maximum Gasteiger partial charge on any atom is 0.221 e. The van der Waals surface area contributed by atoms with Gasteiger partial charge in [-0.25, -0.2) is 0 Å². The van der Waals surface area contributed by atoms with Crippen LogP contribution in [0.15, 0.2) is 0 Å². The van der Waals surface area contributed by atoms with Crippen molar-refractivity contribution in [1.82, 2.24) is 25.3 Å². The minimum Gasteiger partial charge on any atom is -0.396 e. The van der Waals surface area contributed by atoms with Crippen molar-refractivity contribution in [3.8, 4) is 0 Å². The van der Waals surface area contributed by atoms with Crippen LogP contribution in [0.1, 0.15) is 342 Å². The van der Waals surface area contributed by atoms with Crippen LogP contribution >= 0.6 is 0 Å². The Bertz CT molecular complexity index is 1220. The Morgan fingerprint density at radius 2 is 0.494 bits per heavy atom. The molecule has 0 aliphatic heterocycles. The zero-order valence-electron chi connectivity index (χ0n) is 55.8. The third-order valence-corrected chi connectivity index (χ3v) is 16.9. The minimum absolute atomic E-state index is 0.0540. The van der Waals surface area contributed by atoms with Gasteiger partial charge in [-0.05, 0) is 45.1 Å². The lowest BCUT2D eigenvalue weighted by molar-refractivity contribution is -0.122. The average molecular weight is 1180 g/mol. The molecule has 12 nitrogen and oxygen atoms in total. The second-order valence-corrected chi connectivity index (χ2v) is 24.9. The Kier molecular flexibility index (Phi) is 73.1. The molecule has 0 aromatic heterocycles. The van der Waals surface area contributed by atoms with Crippen LogP contribution in [0.25, 0.3) is 0 Å². The zero-order valence-corrected chi connectivity index (χ0v) is 55.8. The topological polar surface area (TPSA) is 166 Å². The van der Waals surface area contributed by atoms with Gasteiger partial charge in [-0.1, -0.05) is 278 Å². The molecule has 83 heavy (non-hydrogen) atoms. The highest BCUT2D eigenvalue weighted by molar-refractivity contribution is 5.78. The largest absolute Gasteiger partial charge is 0.396 e.